The minimum absolute atomic E-state index is 0.135. The summed E-state index contributed by atoms with van der Waals surface area (Å²) < 4.78 is 6.23. The van der Waals surface area contributed by atoms with Gasteiger partial charge in [0.1, 0.15) is 0 Å². The van der Waals surface area contributed by atoms with Crippen LogP contribution in [0.15, 0.2) is 30.8 Å². The number of carbonyl (C=O) groups is 1. The van der Waals surface area contributed by atoms with E-state index in [0.29, 0.717) is 6.61 Å². The van der Waals surface area contributed by atoms with Crippen molar-refractivity contribution in [1.29, 1.82) is 0 Å². The molecule has 0 bridgehead atoms. The Hall–Kier alpha value is -1.61. The highest BCUT2D eigenvalue weighted by molar-refractivity contribution is 5.75. The van der Waals surface area contributed by atoms with Gasteiger partial charge in [-0.05, 0) is 51.7 Å². The van der Waals surface area contributed by atoms with Crippen molar-refractivity contribution in [3.63, 3.8) is 0 Å². The van der Waals surface area contributed by atoms with E-state index in [1.54, 1.807) is 6.92 Å². The van der Waals surface area contributed by atoms with Gasteiger partial charge in [0.05, 0.1) is 12.7 Å². The molecule has 23 heavy (non-hydrogen) atoms. The van der Waals surface area contributed by atoms with Crippen LogP contribution in [0.2, 0.25) is 0 Å². The van der Waals surface area contributed by atoms with E-state index in [-0.39, 0.29) is 23.1 Å². The highest BCUT2D eigenvalue weighted by Crippen LogP contribution is 2.39. The lowest BCUT2D eigenvalue weighted by molar-refractivity contribution is -0.156. The predicted octanol–water partition coefficient (Wildman–Crippen LogP) is 4.41. The van der Waals surface area contributed by atoms with E-state index in [4.69, 9.17) is 4.74 Å². The highest BCUT2D eigenvalue weighted by Gasteiger charge is 2.46. The Morgan fingerprint density at radius 3 is 2.35 bits per heavy atom. The van der Waals surface area contributed by atoms with Crippen LogP contribution in [0.25, 0.3) is 6.08 Å². The molecule has 3 heteroatoms. The average molecular weight is 315 g/mol. The topological polar surface area (TPSA) is 29.5 Å². The maximum absolute atomic E-state index is 12.1. The van der Waals surface area contributed by atoms with Crippen LogP contribution in [0.3, 0.4) is 0 Å². The van der Waals surface area contributed by atoms with E-state index in [1.807, 2.05) is 23.1 Å². The van der Waals surface area contributed by atoms with Crippen molar-refractivity contribution >= 4 is 12.0 Å². The number of piperidine rings is 1. The average Bonchev–Trinajstić information content (AvgIpc) is 2.42. The SMILES string of the molecule is C=Cc1ccccc1COC1CC(C)(C)N(C(C)=O)C(C)(C)C1. The van der Waals surface area contributed by atoms with Crippen molar-refractivity contribution < 1.29 is 9.53 Å². The third kappa shape index (κ3) is 3.84. The van der Waals surface area contributed by atoms with Crippen LogP contribution in [0, 0.1) is 0 Å². The first-order chi connectivity index (χ1) is 10.7. The number of benzene rings is 1. The lowest BCUT2D eigenvalue weighted by atomic mass is 9.78. The maximum Gasteiger partial charge on any atom is 0.220 e. The number of carbonyl (C=O) groups excluding carboxylic acids is 1. The van der Waals surface area contributed by atoms with E-state index >= 15 is 0 Å². The summed E-state index contributed by atoms with van der Waals surface area (Å²) in [5.41, 5.74) is 1.88. The first-order valence-corrected chi connectivity index (χ1v) is 8.30. The first-order valence-electron chi connectivity index (χ1n) is 8.30. The molecule has 1 aliphatic heterocycles. The van der Waals surface area contributed by atoms with Gasteiger partial charge in [-0.25, -0.2) is 0 Å². The number of ether oxygens (including phenoxy) is 1. The fourth-order valence-electron chi connectivity index (χ4n) is 4.23. The second-order valence-electron chi connectivity index (χ2n) is 7.72. The van der Waals surface area contributed by atoms with Crippen LogP contribution in [0.4, 0.5) is 0 Å². The Labute approximate surface area is 140 Å². The minimum atomic E-state index is -0.198. The lowest BCUT2D eigenvalue weighted by Gasteiger charge is -2.54. The molecule has 1 heterocycles. The van der Waals surface area contributed by atoms with E-state index < -0.39 is 0 Å². The summed E-state index contributed by atoms with van der Waals surface area (Å²) >= 11 is 0. The summed E-state index contributed by atoms with van der Waals surface area (Å²) in [5.74, 6) is 0.135. The van der Waals surface area contributed by atoms with Gasteiger partial charge in [0, 0.05) is 18.0 Å². The summed E-state index contributed by atoms with van der Waals surface area (Å²) in [5, 5.41) is 0. The zero-order chi connectivity index (χ0) is 17.3. The number of rotatable bonds is 4. The highest BCUT2D eigenvalue weighted by atomic mass is 16.5. The Balaban J connectivity index is 2.11. The number of likely N-dealkylation sites (tertiary alicyclic amines) is 1. The summed E-state index contributed by atoms with van der Waals surface area (Å²) in [6.07, 6.45) is 3.72. The first kappa shape index (κ1) is 17.7. The molecule has 1 aliphatic rings. The molecule has 0 aromatic heterocycles. The molecule has 1 amide bonds. The van der Waals surface area contributed by atoms with Crippen molar-refractivity contribution in [3.8, 4) is 0 Å². The van der Waals surface area contributed by atoms with E-state index in [1.165, 1.54) is 0 Å². The zero-order valence-electron chi connectivity index (χ0n) is 15.1. The van der Waals surface area contributed by atoms with Crippen LogP contribution >= 0.6 is 0 Å². The summed E-state index contributed by atoms with van der Waals surface area (Å²) in [6.45, 7) is 14.6. The molecule has 0 atom stereocenters. The molecular formula is C20H29NO2. The normalized spacial score (nSPS) is 20.3. The molecule has 1 aromatic rings. The number of hydrogen-bond donors (Lipinski definition) is 0. The second kappa shape index (κ2) is 6.48. The van der Waals surface area contributed by atoms with Gasteiger partial charge in [-0.2, -0.15) is 0 Å². The number of hydrogen-bond acceptors (Lipinski definition) is 2. The fourth-order valence-corrected chi connectivity index (χ4v) is 4.23. The van der Waals surface area contributed by atoms with Crippen LogP contribution in [0.5, 0.6) is 0 Å². The van der Waals surface area contributed by atoms with Crippen molar-refractivity contribution in [3.05, 3.63) is 42.0 Å². The van der Waals surface area contributed by atoms with Gasteiger partial charge < -0.3 is 9.64 Å². The van der Waals surface area contributed by atoms with Crippen molar-refractivity contribution in [2.75, 3.05) is 0 Å². The van der Waals surface area contributed by atoms with Crippen LogP contribution in [-0.2, 0) is 16.1 Å². The quantitative estimate of drug-likeness (QED) is 0.823. The smallest absolute Gasteiger partial charge is 0.220 e. The van der Waals surface area contributed by atoms with Gasteiger partial charge in [-0.15, -0.1) is 0 Å². The van der Waals surface area contributed by atoms with Gasteiger partial charge in [0.25, 0.3) is 0 Å². The van der Waals surface area contributed by atoms with Crippen molar-refractivity contribution in [1.82, 2.24) is 4.90 Å². The Morgan fingerprint density at radius 2 is 1.83 bits per heavy atom. The molecule has 0 unspecified atom stereocenters. The summed E-state index contributed by atoms with van der Waals surface area (Å²) in [7, 11) is 0. The van der Waals surface area contributed by atoms with E-state index in [9.17, 15) is 4.79 Å². The molecular weight excluding hydrogens is 286 g/mol. The molecule has 0 aliphatic carbocycles. The van der Waals surface area contributed by atoms with Gasteiger partial charge in [-0.3, -0.25) is 4.79 Å². The molecule has 0 radical (unpaired) electrons. The molecule has 0 spiro atoms. The molecule has 3 nitrogen and oxygen atoms in total. The van der Waals surface area contributed by atoms with Crippen LogP contribution in [0.1, 0.15) is 58.6 Å². The number of amides is 1. The Kier molecular flexibility index (Phi) is 5.00. The Morgan fingerprint density at radius 1 is 1.26 bits per heavy atom. The molecule has 126 valence electrons. The monoisotopic (exact) mass is 315 g/mol. The molecule has 1 saturated heterocycles. The predicted molar refractivity (Wildman–Crippen MR) is 95.0 cm³/mol. The molecule has 0 saturated carbocycles. The Bertz CT molecular complexity index is 571. The van der Waals surface area contributed by atoms with Gasteiger partial charge >= 0.3 is 0 Å². The maximum atomic E-state index is 12.1. The van der Waals surface area contributed by atoms with E-state index in [0.717, 1.165) is 24.0 Å². The van der Waals surface area contributed by atoms with Crippen LogP contribution in [-0.4, -0.2) is 28.0 Å². The van der Waals surface area contributed by atoms with Crippen molar-refractivity contribution in [2.24, 2.45) is 0 Å². The van der Waals surface area contributed by atoms with Gasteiger partial charge in [0.2, 0.25) is 5.91 Å². The summed E-state index contributed by atoms with van der Waals surface area (Å²) in [4.78, 5) is 14.1. The molecule has 0 N–H and O–H groups in total. The molecule has 1 aromatic carbocycles. The zero-order valence-corrected chi connectivity index (χ0v) is 15.1. The van der Waals surface area contributed by atoms with Crippen molar-refractivity contribution in [2.45, 2.75) is 71.2 Å². The molecule has 1 fully saturated rings. The van der Waals surface area contributed by atoms with Gasteiger partial charge in [0.15, 0.2) is 0 Å². The number of nitrogens with zero attached hydrogens (tertiary/aromatic N) is 1. The largest absolute Gasteiger partial charge is 0.373 e. The standard InChI is InChI=1S/C20H29NO2/c1-7-16-10-8-9-11-17(16)14-23-18-12-19(3,4)21(15(2)22)20(5,6)13-18/h7-11,18H,1,12-14H2,2-6H3. The summed E-state index contributed by atoms with van der Waals surface area (Å²) in [6, 6.07) is 8.17. The minimum Gasteiger partial charge on any atom is -0.373 e. The van der Waals surface area contributed by atoms with Gasteiger partial charge in [-0.1, -0.05) is 36.9 Å². The third-order valence-electron chi connectivity index (χ3n) is 4.73. The molecule has 2 rings (SSSR count). The van der Waals surface area contributed by atoms with E-state index in [2.05, 4.69) is 46.4 Å². The third-order valence-corrected chi connectivity index (χ3v) is 4.73. The fraction of sp³-hybridized carbons (Fsp3) is 0.550. The second-order valence-corrected chi connectivity index (χ2v) is 7.72. The van der Waals surface area contributed by atoms with Crippen LogP contribution < -0.4 is 0 Å². The lowest BCUT2D eigenvalue weighted by Crippen LogP contribution is -2.63.